The Kier molecular flexibility index (Phi) is 5.95. The third-order valence-electron chi connectivity index (χ3n) is 4.96. The van der Waals surface area contributed by atoms with Crippen molar-refractivity contribution in [2.75, 3.05) is 19.7 Å². The van der Waals surface area contributed by atoms with Gasteiger partial charge >= 0.3 is 6.09 Å². The molecule has 1 saturated carbocycles. The second-order valence-electron chi connectivity index (χ2n) is 6.81. The van der Waals surface area contributed by atoms with Crippen LogP contribution in [0.2, 0.25) is 5.02 Å². The molecule has 4 nitrogen and oxygen atoms in total. The van der Waals surface area contributed by atoms with E-state index in [1.54, 1.807) is 12.1 Å². The number of benzene rings is 1. The van der Waals surface area contributed by atoms with E-state index in [1.165, 1.54) is 18.9 Å². The predicted octanol–water partition coefficient (Wildman–Crippen LogP) is 3.97. The fourth-order valence-corrected chi connectivity index (χ4v) is 3.80. The number of amides is 1. The minimum atomic E-state index is -0.335. The molecular formula is C18H24ClFN2O2. The molecule has 2 aliphatic rings. The molecule has 0 radical (unpaired) electrons. The van der Waals surface area contributed by atoms with Crippen LogP contribution in [0.15, 0.2) is 18.2 Å². The Labute approximate surface area is 147 Å². The predicted molar refractivity (Wildman–Crippen MR) is 91.5 cm³/mol. The van der Waals surface area contributed by atoms with E-state index in [4.69, 9.17) is 16.3 Å². The van der Waals surface area contributed by atoms with Crippen molar-refractivity contribution in [1.29, 1.82) is 0 Å². The summed E-state index contributed by atoms with van der Waals surface area (Å²) in [6.45, 7) is 2.47. The van der Waals surface area contributed by atoms with Gasteiger partial charge in [-0.15, -0.1) is 0 Å². The van der Waals surface area contributed by atoms with E-state index < -0.39 is 0 Å². The SMILES string of the molecule is O=C(NC1CCN(Cc2c(F)cccc2Cl)C1)OCC1CCCC1. The van der Waals surface area contributed by atoms with Crippen LogP contribution < -0.4 is 5.32 Å². The van der Waals surface area contributed by atoms with E-state index in [-0.39, 0.29) is 18.0 Å². The molecule has 1 unspecified atom stereocenters. The fraction of sp³-hybridized carbons (Fsp3) is 0.611. The Balaban J connectivity index is 1.42. The molecule has 2 fully saturated rings. The van der Waals surface area contributed by atoms with Crippen molar-refractivity contribution in [3.05, 3.63) is 34.6 Å². The van der Waals surface area contributed by atoms with E-state index >= 15 is 0 Å². The van der Waals surface area contributed by atoms with Gasteiger partial charge in [-0.05, 0) is 37.3 Å². The zero-order valence-electron chi connectivity index (χ0n) is 13.8. The maximum absolute atomic E-state index is 13.9. The second kappa shape index (κ2) is 8.17. The first-order chi connectivity index (χ1) is 11.6. The number of hydrogen-bond donors (Lipinski definition) is 1. The highest BCUT2D eigenvalue weighted by Crippen LogP contribution is 2.25. The number of ether oxygens (including phenoxy) is 1. The summed E-state index contributed by atoms with van der Waals surface area (Å²) in [4.78, 5) is 14.0. The summed E-state index contributed by atoms with van der Waals surface area (Å²) in [5.74, 6) is 0.244. The number of halogens is 2. The summed E-state index contributed by atoms with van der Waals surface area (Å²) in [5, 5.41) is 3.36. The Morgan fingerprint density at radius 2 is 2.12 bits per heavy atom. The lowest BCUT2D eigenvalue weighted by Crippen LogP contribution is -2.37. The smallest absolute Gasteiger partial charge is 0.407 e. The van der Waals surface area contributed by atoms with Crippen molar-refractivity contribution in [3.63, 3.8) is 0 Å². The van der Waals surface area contributed by atoms with Crippen LogP contribution in [0.1, 0.15) is 37.7 Å². The summed E-state index contributed by atoms with van der Waals surface area (Å²) >= 11 is 6.08. The van der Waals surface area contributed by atoms with Crippen LogP contribution in [-0.2, 0) is 11.3 Å². The Morgan fingerprint density at radius 3 is 2.88 bits per heavy atom. The van der Waals surface area contributed by atoms with Crippen molar-refractivity contribution < 1.29 is 13.9 Å². The highest BCUT2D eigenvalue weighted by Gasteiger charge is 2.26. The second-order valence-corrected chi connectivity index (χ2v) is 7.22. The Bertz CT molecular complexity index is 558. The van der Waals surface area contributed by atoms with Crippen LogP contribution >= 0.6 is 11.6 Å². The van der Waals surface area contributed by atoms with Gasteiger partial charge in [0.1, 0.15) is 5.82 Å². The molecule has 1 amide bonds. The van der Waals surface area contributed by atoms with Gasteiger partial charge in [0, 0.05) is 36.3 Å². The van der Waals surface area contributed by atoms with Gasteiger partial charge in [0.25, 0.3) is 0 Å². The monoisotopic (exact) mass is 354 g/mol. The molecule has 1 saturated heterocycles. The summed E-state index contributed by atoms with van der Waals surface area (Å²) < 4.78 is 19.2. The van der Waals surface area contributed by atoms with E-state index in [0.717, 1.165) is 25.8 Å². The van der Waals surface area contributed by atoms with E-state index in [0.29, 0.717) is 36.2 Å². The standard InChI is InChI=1S/C18H24ClFN2O2/c19-16-6-3-7-17(20)15(16)11-22-9-8-14(10-22)21-18(23)24-12-13-4-1-2-5-13/h3,6-7,13-14H,1-2,4-5,8-12H2,(H,21,23). The highest BCUT2D eigenvalue weighted by atomic mass is 35.5. The summed E-state index contributed by atoms with van der Waals surface area (Å²) in [6.07, 6.45) is 5.31. The maximum atomic E-state index is 13.9. The van der Waals surface area contributed by atoms with Crippen LogP contribution in [-0.4, -0.2) is 36.7 Å². The number of carbonyl (C=O) groups is 1. The van der Waals surface area contributed by atoms with Crippen molar-refractivity contribution in [2.45, 2.75) is 44.7 Å². The molecule has 1 aromatic rings. The van der Waals surface area contributed by atoms with E-state index in [2.05, 4.69) is 10.2 Å². The lowest BCUT2D eigenvalue weighted by Gasteiger charge is -2.18. The number of rotatable bonds is 5. The highest BCUT2D eigenvalue weighted by molar-refractivity contribution is 6.31. The quantitative estimate of drug-likeness (QED) is 0.869. The number of hydrogen-bond acceptors (Lipinski definition) is 3. The van der Waals surface area contributed by atoms with Crippen LogP contribution in [0, 0.1) is 11.7 Å². The normalized spacial score (nSPS) is 22.0. The van der Waals surface area contributed by atoms with E-state index in [1.807, 2.05) is 0 Å². The third kappa shape index (κ3) is 4.61. The minimum Gasteiger partial charge on any atom is -0.449 e. The zero-order chi connectivity index (χ0) is 16.9. The molecule has 0 bridgehead atoms. The van der Waals surface area contributed by atoms with Crippen LogP contribution in [0.25, 0.3) is 0 Å². The van der Waals surface area contributed by atoms with Crippen molar-refractivity contribution >= 4 is 17.7 Å². The Morgan fingerprint density at radius 1 is 1.33 bits per heavy atom. The van der Waals surface area contributed by atoms with Crippen molar-refractivity contribution in [3.8, 4) is 0 Å². The van der Waals surface area contributed by atoms with Gasteiger partial charge in [-0.1, -0.05) is 30.5 Å². The largest absolute Gasteiger partial charge is 0.449 e. The molecule has 1 heterocycles. The van der Waals surface area contributed by atoms with Crippen LogP contribution in [0.3, 0.4) is 0 Å². The Hall–Kier alpha value is -1.33. The number of likely N-dealkylation sites (tertiary alicyclic amines) is 1. The fourth-order valence-electron chi connectivity index (χ4n) is 3.58. The minimum absolute atomic E-state index is 0.0478. The van der Waals surface area contributed by atoms with Crippen LogP contribution in [0.5, 0.6) is 0 Å². The summed E-state index contributed by atoms with van der Waals surface area (Å²) in [7, 11) is 0. The average Bonchev–Trinajstić information content (AvgIpc) is 3.21. The molecule has 1 N–H and O–H groups in total. The van der Waals surface area contributed by atoms with Gasteiger partial charge in [-0.3, -0.25) is 4.90 Å². The number of nitrogens with zero attached hydrogens (tertiary/aromatic N) is 1. The molecule has 1 aliphatic carbocycles. The van der Waals surface area contributed by atoms with Crippen LogP contribution in [0.4, 0.5) is 9.18 Å². The molecular weight excluding hydrogens is 331 g/mol. The lowest BCUT2D eigenvalue weighted by molar-refractivity contribution is 0.124. The molecule has 132 valence electrons. The van der Waals surface area contributed by atoms with Crippen molar-refractivity contribution in [1.82, 2.24) is 10.2 Å². The molecule has 1 aliphatic heterocycles. The number of alkyl carbamates (subject to hydrolysis) is 1. The topological polar surface area (TPSA) is 41.6 Å². The molecule has 1 atom stereocenters. The number of carbonyl (C=O) groups excluding carboxylic acids is 1. The molecule has 6 heteroatoms. The lowest BCUT2D eigenvalue weighted by atomic mass is 10.1. The van der Waals surface area contributed by atoms with Gasteiger partial charge in [-0.2, -0.15) is 0 Å². The first-order valence-corrected chi connectivity index (χ1v) is 9.08. The first kappa shape index (κ1) is 17.5. The molecule has 24 heavy (non-hydrogen) atoms. The van der Waals surface area contributed by atoms with Gasteiger partial charge < -0.3 is 10.1 Å². The van der Waals surface area contributed by atoms with Gasteiger partial charge in [0.15, 0.2) is 0 Å². The van der Waals surface area contributed by atoms with E-state index in [9.17, 15) is 9.18 Å². The average molecular weight is 355 g/mol. The zero-order valence-corrected chi connectivity index (χ0v) is 14.5. The van der Waals surface area contributed by atoms with Gasteiger partial charge in [0.2, 0.25) is 0 Å². The first-order valence-electron chi connectivity index (χ1n) is 8.70. The molecule has 3 rings (SSSR count). The number of nitrogens with one attached hydrogen (secondary N) is 1. The summed E-state index contributed by atoms with van der Waals surface area (Å²) in [5.41, 5.74) is 0.517. The third-order valence-corrected chi connectivity index (χ3v) is 5.32. The van der Waals surface area contributed by atoms with Gasteiger partial charge in [-0.25, -0.2) is 9.18 Å². The molecule has 0 spiro atoms. The van der Waals surface area contributed by atoms with Gasteiger partial charge in [0.05, 0.1) is 6.61 Å². The molecule has 1 aromatic carbocycles. The maximum Gasteiger partial charge on any atom is 0.407 e. The summed E-state index contributed by atoms with van der Waals surface area (Å²) in [6, 6.07) is 4.78. The molecule has 0 aromatic heterocycles. The van der Waals surface area contributed by atoms with Crippen molar-refractivity contribution in [2.24, 2.45) is 5.92 Å².